The number of aromatic nitrogens is 1. The Morgan fingerprint density at radius 1 is 1.56 bits per heavy atom. The van der Waals surface area contributed by atoms with Gasteiger partial charge in [0.15, 0.2) is 0 Å². The first-order valence-corrected chi connectivity index (χ1v) is 5.75. The first-order chi connectivity index (χ1) is 7.52. The molecule has 0 bridgehead atoms. The molecule has 0 aromatic carbocycles. The van der Waals surface area contributed by atoms with Crippen LogP contribution in [0.1, 0.15) is 30.6 Å². The van der Waals surface area contributed by atoms with E-state index in [-0.39, 0.29) is 5.91 Å². The van der Waals surface area contributed by atoms with Crippen molar-refractivity contribution in [2.24, 2.45) is 5.92 Å². The van der Waals surface area contributed by atoms with Crippen LogP contribution in [0.3, 0.4) is 0 Å². The predicted molar refractivity (Wildman–Crippen MR) is 65.7 cm³/mol. The minimum absolute atomic E-state index is 0.0481. The molecule has 3 nitrogen and oxygen atoms in total. The Labute approximate surface area is 101 Å². The van der Waals surface area contributed by atoms with Gasteiger partial charge in [-0.15, -0.1) is 0 Å². The summed E-state index contributed by atoms with van der Waals surface area (Å²) < 4.78 is 0. The molecule has 1 heterocycles. The zero-order chi connectivity index (χ0) is 12.1. The van der Waals surface area contributed by atoms with Gasteiger partial charge in [0.1, 0.15) is 0 Å². The summed E-state index contributed by atoms with van der Waals surface area (Å²) in [5.41, 5.74) is 0.517. The van der Waals surface area contributed by atoms with E-state index in [4.69, 9.17) is 11.6 Å². The Bertz CT molecular complexity index is 366. The number of pyridine rings is 1. The maximum absolute atomic E-state index is 12.0. The smallest absolute Gasteiger partial charge is 0.255 e. The lowest BCUT2D eigenvalue weighted by Crippen LogP contribution is -2.28. The quantitative estimate of drug-likeness (QED) is 0.811. The van der Waals surface area contributed by atoms with Crippen LogP contribution in [0, 0.1) is 5.92 Å². The lowest BCUT2D eigenvalue weighted by atomic mass is 10.1. The molecule has 0 N–H and O–H groups in total. The molecule has 4 heteroatoms. The fraction of sp³-hybridized carbons (Fsp3) is 0.500. The van der Waals surface area contributed by atoms with Crippen LogP contribution in [0.25, 0.3) is 0 Å². The molecular weight excluding hydrogens is 224 g/mol. The standard InChI is InChI=1S/C12H17ClN2O/c1-9(2)5-7-15(3)12(16)10-4-6-14-8-11(10)13/h4,6,8-9H,5,7H2,1-3H3. The summed E-state index contributed by atoms with van der Waals surface area (Å²) >= 11 is 5.92. The molecule has 1 rings (SSSR count). The van der Waals surface area contributed by atoms with E-state index in [1.807, 2.05) is 0 Å². The number of hydrogen-bond acceptors (Lipinski definition) is 2. The number of halogens is 1. The second kappa shape index (κ2) is 5.85. The van der Waals surface area contributed by atoms with Crippen LogP contribution in [-0.4, -0.2) is 29.4 Å². The average molecular weight is 241 g/mol. The Morgan fingerprint density at radius 3 is 2.81 bits per heavy atom. The minimum Gasteiger partial charge on any atom is -0.342 e. The fourth-order valence-corrected chi connectivity index (χ4v) is 1.51. The Kier molecular flexibility index (Phi) is 4.74. The predicted octanol–water partition coefficient (Wildman–Crippen LogP) is 2.85. The number of hydrogen-bond donors (Lipinski definition) is 0. The zero-order valence-corrected chi connectivity index (χ0v) is 10.7. The lowest BCUT2D eigenvalue weighted by molar-refractivity contribution is 0.0789. The Morgan fingerprint density at radius 2 is 2.25 bits per heavy atom. The van der Waals surface area contributed by atoms with Gasteiger partial charge in [-0.3, -0.25) is 9.78 Å². The highest BCUT2D eigenvalue weighted by atomic mass is 35.5. The van der Waals surface area contributed by atoms with Crippen molar-refractivity contribution in [3.63, 3.8) is 0 Å². The molecule has 0 radical (unpaired) electrons. The van der Waals surface area contributed by atoms with Gasteiger partial charge in [0.2, 0.25) is 0 Å². The van der Waals surface area contributed by atoms with Gasteiger partial charge in [-0.05, 0) is 18.4 Å². The Balaban J connectivity index is 2.67. The van der Waals surface area contributed by atoms with Crippen LogP contribution in [0.4, 0.5) is 0 Å². The van der Waals surface area contributed by atoms with Crippen molar-refractivity contribution in [3.8, 4) is 0 Å². The van der Waals surface area contributed by atoms with Gasteiger partial charge >= 0.3 is 0 Å². The van der Waals surface area contributed by atoms with Crippen molar-refractivity contribution in [1.29, 1.82) is 0 Å². The van der Waals surface area contributed by atoms with E-state index in [0.29, 0.717) is 16.5 Å². The van der Waals surface area contributed by atoms with Gasteiger partial charge in [0.25, 0.3) is 5.91 Å². The fourth-order valence-electron chi connectivity index (χ4n) is 1.31. The summed E-state index contributed by atoms with van der Waals surface area (Å²) in [4.78, 5) is 17.5. The molecule has 1 aromatic heterocycles. The summed E-state index contributed by atoms with van der Waals surface area (Å²) in [7, 11) is 1.79. The van der Waals surface area contributed by atoms with Crippen molar-refractivity contribution < 1.29 is 4.79 Å². The first kappa shape index (κ1) is 13.0. The molecule has 0 saturated carbocycles. The third kappa shape index (κ3) is 3.49. The highest BCUT2D eigenvalue weighted by Crippen LogP contribution is 2.15. The molecule has 0 atom stereocenters. The van der Waals surface area contributed by atoms with E-state index in [0.717, 1.165) is 13.0 Å². The van der Waals surface area contributed by atoms with Crippen molar-refractivity contribution in [2.75, 3.05) is 13.6 Å². The largest absolute Gasteiger partial charge is 0.342 e. The Hall–Kier alpha value is -1.09. The average Bonchev–Trinajstić information content (AvgIpc) is 2.25. The molecule has 0 saturated heterocycles. The molecular formula is C12H17ClN2O. The third-order valence-corrected chi connectivity index (χ3v) is 2.69. The van der Waals surface area contributed by atoms with E-state index >= 15 is 0 Å². The molecule has 0 aliphatic rings. The topological polar surface area (TPSA) is 33.2 Å². The van der Waals surface area contributed by atoms with Crippen molar-refractivity contribution >= 4 is 17.5 Å². The summed E-state index contributed by atoms with van der Waals surface area (Å²) in [6.45, 7) is 5.02. The molecule has 0 aliphatic heterocycles. The number of rotatable bonds is 4. The zero-order valence-electron chi connectivity index (χ0n) is 9.90. The molecule has 0 spiro atoms. The third-order valence-electron chi connectivity index (χ3n) is 2.39. The number of amides is 1. The van der Waals surface area contributed by atoms with Crippen molar-refractivity contribution in [2.45, 2.75) is 20.3 Å². The van der Waals surface area contributed by atoms with Crippen molar-refractivity contribution in [3.05, 3.63) is 29.0 Å². The normalized spacial score (nSPS) is 10.6. The second-order valence-corrected chi connectivity index (χ2v) is 4.67. The van der Waals surface area contributed by atoms with Gasteiger partial charge in [-0.25, -0.2) is 0 Å². The number of nitrogens with zero attached hydrogens (tertiary/aromatic N) is 2. The number of carbonyl (C=O) groups is 1. The molecule has 1 amide bonds. The second-order valence-electron chi connectivity index (χ2n) is 4.26. The van der Waals surface area contributed by atoms with Crippen molar-refractivity contribution in [1.82, 2.24) is 9.88 Å². The highest BCUT2D eigenvalue weighted by Gasteiger charge is 2.14. The molecule has 0 unspecified atom stereocenters. The molecule has 88 valence electrons. The van der Waals surface area contributed by atoms with Crippen LogP contribution in [-0.2, 0) is 0 Å². The molecule has 1 aromatic rings. The SMILES string of the molecule is CC(C)CCN(C)C(=O)c1ccncc1Cl. The molecule has 0 fully saturated rings. The maximum Gasteiger partial charge on any atom is 0.255 e. The van der Waals surface area contributed by atoms with Gasteiger partial charge in [-0.1, -0.05) is 25.4 Å². The van der Waals surface area contributed by atoms with E-state index in [1.54, 1.807) is 24.2 Å². The summed E-state index contributed by atoms with van der Waals surface area (Å²) in [6, 6.07) is 1.65. The monoisotopic (exact) mass is 240 g/mol. The van der Waals surface area contributed by atoms with E-state index < -0.39 is 0 Å². The van der Waals surface area contributed by atoms with Gasteiger partial charge in [0, 0.05) is 26.0 Å². The minimum atomic E-state index is -0.0481. The van der Waals surface area contributed by atoms with Gasteiger partial charge < -0.3 is 4.90 Å². The van der Waals surface area contributed by atoms with Gasteiger partial charge in [-0.2, -0.15) is 0 Å². The maximum atomic E-state index is 12.0. The molecule has 0 aliphatic carbocycles. The van der Waals surface area contributed by atoms with Crippen LogP contribution in [0.15, 0.2) is 18.5 Å². The highest BCUT2D eigenvalue weighted by molar-refractivity contribution is 6.33. The van der Waals surface area contributed by atoms with Crippen LogP contribution < -0.4 is 0 Å². The van der Waals surface area contributed by atoms with E-state index in [2.05, 4.69) is 18.8 Å². The van der Waals surface area contributed by atoms with Gasteiger partial charge in [0.05, 0.1) is 10.6 Å². The van der Waals surface area contributed by atoms with E-state index in [1.165, 1.54) is 6.20 Å². The summed E-state index contributed by atoms with van der Waals surface area (Å²) in [5.74, 6) is 0.538. The van der Waals surface area contributed by atoms with Crippen LogP contribution >= 0.6 is 11.6 Å². The lowest BCUT2D eigenvalue weighted by Gasteiger charge is -2.18. The first-order valence-electron chi connectivity index (χ1n) is 5.37. The summed E-state index contributed by atoms with van der Waals surface area (Å²) in [6.07, 6.45) is 4.06. The number of carbonyl (C=O) groups excluding carboxylic acids is 1. The van der Waals surface area contributed by atoms with E-state index in [9.17, 15) is 4.79 Å². The van der Waals surface area contributed by atoms with Crippen LogP contribution in [0.5, 0.6) is 0 Å². The molecule has 16 heavy (non-hydrogen) atoms. The van der Waals surface area contributed by atoms with Crippen LogP contribution in [0.2, 0.25) is 5.02 Å². The summed E-state index contributed by atoms with van der Waals surface area (Å²) in [5, 5.41) is 0.406.